The molecule has 2 rings (SSSR count). The first-order valence-corrected chi connectivity index (χ1v) is 16.9. The van der Waals surface area contributed by atoms with Gasteiger partial charge in [-0.3, -0.25) is 0 Å². The van der Waals surface area contributed by atoms with Gasteiger partial charge >= 0.3 is 149 Å². The van der Waals surface area contributed by atoms with E-state index in [0.29, 0.717) is 0 Å². The van der Waals surface area contributed by atoms with Crippen molar-refractivity contribution < 1.29 is 0 Å². The van der Waals surface area contributed by atoms with Crippen molar-refractivity contribution in [3.63, 3.8) is 0 Å². The van der Waals surface area contributed by atoms with Gasteiger partial charge in [0.1, 0.15) is 0 Å². The molecular formula is C22H36Sn. The number of hydrogen-bond donors (Lipinski definition) is 0. The molecule has 0 fully saturated rings. The summed E-state index contributed by atoms with van der Waals surface area (Å²) in [6.07, 6.45) is 12.7. The molecule has 0 atom stereocenters. The Hall–Kier alpha value is -0.241. The van der Waals surface area contributed by atoms with E-state index < -0.39 is 18.4 Å². The van der Waals surface area contributed by atoms with E-state index in [-0.39, 0.29) is 0 Å². The van der Waals surface area contributed by atoms with Crippen LogP contribution in [0, 0.1) is 0 Å². The number of benzene rings is 1. The van der Waals surface area contributed by atoms with Crippen molar-refractivity contribution in [3.8, 4) is 0 Å². The second kappa shape index (κ2) is 9.91. The predicted molar refractivity (Wildman–Crippen MR) is 106 cm³/mol. The van der Waals surface area contributed by atoms with Crippen LogP contribution in [0.3, 0.4) is 0 Å². The Morgan fingerprint density at radius 2 is 1.22 bits per heavy atom. The monoisotopic (exact) mass is 420 g/mol. The molecule has 0 aromatic heterocycles. The SMILES string of the molecule is CCCC[C]1=[C](CCc2ccccc2)[Sn]1([CH2]CCC)[CH2]CCC. The Bertz CT molecular complexity index is 478. The molecule has 0 radical (unpaired) electrons. The van der Waals surface area contributed by atoms with Crippen LogP contribution in [0.5, 0.6) is 0 Å². The third-order valence-corrected chi connectivity index (χ3v) is 21.6. The predicted octanol–water partition coefficient (Wildman–Crippen LogP) is 7.25. The van der Waals surface area contributed by atoms with Gasteiger partial charge in [-0.25, -0.2) is 0 Å². The number of allylic oxidation sites excluding steroid dienone is 2. The molecule has 0 nitrogen and oxygen atoms in total. The van der Waals surface area contributed by atoms with E-state index in [9.17, 15) is 0 Å². The molecule has 1 aromatic rings. The Morgan fingerprint density at radius 3 is 1.78 bits per heavy atom. The fourth-order valence-corrected chi connectivity index (χ4v) is 24.3. The second-order valence-electron chi connectivity index (χ2n) is 7.34. The summed E-state index contributed by atoms with van der Waals surface area (Å²) in [5.41, 5.74) is 1.54. The van der Waals surface area contributed by atoms with Crippen LogP contribution in [-0.2, 0) is 6.42 Å². The summed E-state index contributed by atoms with van der Waals surface area (Å²) in [6, 6.07) is 11.1. The van der Waals surface area contributed by atoms with Crippen LogP contribution in [0.4, 0.5) is 0 Å². The van der Waals surface area contributed by atoms with E-state index >= 15 is 0 Å². The number of hydrogen-bond acceptors (Lipinski definition) is 0. The molecule has 0 saturated carbocycles. The van der Waals surface area contributed by atoms with Crippen molar-refractivity contribution >= 4 is 18.4 Å². The average Bonchev–Trinajstić information content (AvgIpc) is 3.21. The van der Waals surface area contributed by atoms with Gasteiger partial charge in [-0.15, -0.1) is 0 Å². The fourth-order valence-electron chi connectivity index (χ4n) is 4.22. The van der Waals surface area contributed by atoms with E-state index in [1.54, 1.807) is 8.87 Å². The quantitative estimate of drug-likeness (QED) is 0.313. The number of unbranched alkanes of at least 4 members (excludes halogenated alkanes) is 3. The van der Waals surface area contributed by atoms with Crippen molar-refractivity contribution in [2.75, 3.05) is 0 Å². The summed E-state index contributed by atoms with van der Waals surface area (Å²) in [5.74, 6) is 0. The van der Waals surface area contributed by atoms with Gasteiger partial charge in [-0.05, 0) is 0 Å². The van der Waals surface area contributed by atoms with E-state index in [1.807, 2.05) is 0 Å². The Kier molecular flexibility index (Phi) is 8.23. The van der Waals surface area contributed by atoms with E-state index in [1.165, 1.54) is 63.4 Å². The summed E-state index contributed by atoms with van der Waals surface area (Å²) in [5, 5.41) is 0. The van der Waals surface area contributed by atoms with Gasteiger partial charge in [0.2, 0.25) is 0 Å². The Labute approximate surface area is 148 Å². The molecule has 0 bridgehead atoms. The van der Waals surface area contributed by atoms with Crippen molar-refractivity contribution in [1.82, 2.24) is 0 Å². The third-order valence-electron chi connectivity index (χ3n) is 5.66. The zero-order valence-corrected chi connectivity index (χ0v) is 18.5. The zero-order valence-electron chi connectivity index (χ0n) is 15.7. The van der Waals surface area contributed by atoms with Gasteiger partial charge in [-0.1, -0.05) is 0 Å². The minimum absolute atomic E-state index is 1.28. The maximum absolute atomic E-state index is 2.37. The molecule has 23 heavy (non-hydrogen) atoms. The molecule has 0 N–H and O–H groups in total. The van der Waals surface area contributed by atoms with Crippen LogP contribution in [0.1, 0.15) is 77.7 Å². The number of aryl methyl sites for hydroxylation is 1. The summed E-state index contributed by atoms with van der Waals surface area (Å²) in [7, 11) is 0. The molecule has 0 aliphatic carbocycles. The van der Waals surface area contributed by atoms with E-state index in [0.717, 1.165) is 0 Å². The van der Waals surface area contributed by atoms with E-state index in [2.05, 4.69) is 58.3 Å². The van der Waals surface area contributed by atoms with Crippen molar-refractivity contribution in [3.05, 3.63) is 43.1 Å². The second-order valence-corrected chi connectivity index (χ2v) is 19.8. The Balaban J connectivity index is 2.03. The molecule has 0 amide bonds. The normalized spacial score (nSPS) is 16.0. The number of rotatable bonds is 12. The van der Waals surface area contributed by atoms with Crippen LogP contribution >= 0.6 is 0 Å². The molecule has 0 spiro atoms. The Morgan fingerprint density at radius 1 is 0.652 bits per heavy atom. The molecule has 1 aliphatic heterocycles. The summed E-state index contributed by atoms with van der Waals surface area (Å²) < 4.78 is 7.42. The maximum atomic E-state index is 2.37. The fraction of sp³-hybridized carbons (Fsp3) is 0.636. The first-order chi connectivity index (χ1) is 11.3. The topological polar surface area (TPSA) is 0 Å². The first-order valence-electron chi connectivity index (χ1n) is 10.0. The van der Waals surface area contributed by atoms with Gasteiger partial charge in [0.15, 0.2) is 0 Å². The van der Waals surface area contributed by atoms with Crippen LogP contribution < -0.4 is 0 Å². The van der Waals surface area contributed by atoms with Crippen LogP contribution in [0.25, 0.3) is 0 Å². The average molecular weight is 419 g/mol. The molecule has 0 unspecified atom stereocenters. The van der Waals surface area contributed by atoms with Crippen molar-refractivity contribution in [2.24, 2.45) is 0 Å². The van der Waals surface area contributed by atoms with Crippen LogP contribution in [0.15, 0.2) is 37.5 Å². The summed E-state index contributed by atoms with van der Waals surface area (Å²) in [6.45, 7) is 7.09. The molecule has 128 valence electrons. The van der Waals surface area contributed by atoms with Gasteiger partial charge in [0, 0.05) is 0 Å². The molecular weight excluding hydrogens is 383 g/mol. The third kappa shape index (κ3) is 5.11. The van der Waals surface area contributed by atoms with Gasteiger partial charge in [0.25, 0.3) is 0 Å². The van der Waals surface area contributed by atoms with Crippen molar-refractivity contribution in [1.29, 1.82) is 0 Å². The molecule has 1 heteroatoms. The molecule has 1 heterocycles. The first kappa shape index (κ1) is 19.1. The molecule has 1 aromatic carbocycles. The van der Waals surface area contributed by atoms with Crippen LogP contribution in [0.2, 0.25) is 8.87 Å². The summed E-state index contributed by atoms with van der Waals surface area (Å²) in [4.78, 5) is 0. The molecule has 0 saturated heterocycles. The standard InChI is InChI=1S/C14H18.2C4H9.Sn/c1-2-3-4-5-6-8-11-14-12-9-7-10-13-14;2*1-3-4-2;/h7,9-10,12-13H,2-4,8,11H2,1H3;2*1,3-4H2,2H3;. The van der Waals surface area contributed by atoms with Crippen LogP contribution in [-0.4, -0.2) is 18.4 Å². The van der Waals surface area contributed by atoms with Crippen molar-refractivity contribution in [2.45, 2.75) is 87.4 Å². The minimum atomic E-state index is -1.96. The molecule has 1 aliphatic rings. The van der Waals surface area contributed by atoms with Gasteiger partial charge < -0.3 is 0 Å². The summed E-state index contributed by atoms with van der Waals surface area (Å²) >= 11 is -1.96. The van der Waals surface area contributed by atoms with Gasteiger partial charge in [0.05, 0.1) is 0 Å². The van der Waals surface area contributed by atoms with E-state index in [4.69, 9.17) is 0 Å². The van der Waals surface area contributed by atoms with Gasteiger partial charge in [-0.2, -0.15) is 0 Å². The zero-order chi connectivity index (χ0) is 16.5.